The number of piperazine rings is 1. The lowest BCUT2D eigenvalue weighted by Gasteiger charge is -2.32. The van der Waals surface area contributed by atoms with Crippen molar-refractivity contribution in [3.05, 3.63) is 23.9 Å². The average molecular weight is 357 g/mol. The molecule has 0 aromatic heterocycles. The van der Waals surface area contributed by atoms with Crippen LogP contribution in [-0.4, -0.2) is 48.7 Å². The standard InChI is InChI=1S/C20H27N3O3/c24-18-6-3-13(20(26)22-18)1-2-14-11-15-12-16(4-5-17(15)19(14)25)23-9-7-21-8-10-23/h4-5,12-15,17,21H,1-3,6-11H2,(H,22,24,26). The number of hydrogen-bond acceptors (Lipinski definition) is 5. The molecule has 6 heteroatoms. The van der Waals surface area contributed by atoms with Crippen molar-refractivity contribution in [1.82, 2.24) is 15.5 Å². The van der Waals surface area contributed by atoms with Crippen LogP contribution in [0.5, 0.6) is 0 Å². The van der Waals surface area contributed by atoms with Gasteiger partial charge < -0.3 is 10.2 Å². The number of imide groups is 1. The summed E-state index contributed by atoms with van der Waals surface area (Å²) in [6.07, 6.45) is 9.88. The molecule has 0 aromatic carbocycles. The normalized spacial score (nSPS) is 34.5. The number of ketones is 1. The van der Waals surface area contributed by atoms with Gasteiger partial charge in [-0.05, 0) is 37.7 Å². The predicted octanol–water partition coefficient (Wildman–Crippen LogP) is 1.000. The van der Waals surface area contributed by atoms with Crippen LogP contribution in [0.3, 0.4) is 0 Å². The first-order chi connectivity index (χ1) is 12.6. The van der Waals surface area contributed by atoms with Crippen LogP contribution >= 0.6 is 0 Å². The van der Waals surface area contributed by atoms with Gasteiger partial charge in [0.15, 0.2) is 0 Å². The first-order valence-corrected chi connectivity index (χ1v) is 9.85. The van der Waals surface area contributed by atoms with Crippen molar-refractivity contribution >= 4 is 17.6 Å². The van der Waals surface area contributed by atoms with E-state index in [0.717, 1.165) is 39.0 Å². The number of hydrogen-bond donors (Lipinski definition) is 2. The number of allylic oxidation sites excluding steroid dienone is 3. The minimum absolute atomic E-state index is 0.00780. The number of rotatable bonds is 4. The van der Waals surface area contributed by atoms with Gasteiger partial charge in [0.25, 0.3) is 0 Å². The Hall–Kier alpha value is -1.95. The second kappa shape index (κ2) is 7.35. The molecule has 4 rings (SSSR count). The van der Waals surface area contributed by atoms with Gasteiger partial charge >= 0.3 is 0 Å². The molecule has 2 amide bonds. The number of fused-ring (bicyclic) bond motifs is 1. The molecule has 4 atom stereocenters. The summed E-state index contributed by atoms with van der Waals surface area (Å²) in [5.41, 5.74) is 1.26. The van der Waals surface area contributed by atoms with Crippen LogP contribution in [-0.2, 0) is 14.4 Å². The van der Waals surface area contributed by atoms with Gasteiger partial charge in [0.05, 0.1) is 0 Å². The third-order valence-electron chi connectivity index (χ3n) is 6.31. The molecule has 2 N–H and O–H groups in total. The summed E-state index contributed by atoms with van der Waals surface area (Å²) in [5, 5.41) is 5.78. The fourth-order valence-corrected chi connectivity index (χ4v) is 4.77. The number of Topliss-reactive ketones (excluding diaryl/α,β-unsaturated/α-hetero) is 1. The largest absolute Gasteiger partial charge is 0.369 e. The van der Waals surface area contributed by atoms with Crippen LogP contribution in [0.1, 0.15) is 32.1 Å². The number of amides is 2. The van der Waals surface area contributed by atoms with E-state index in [9.17, 15) is 14.4 Å². The van der Waals surface area contributed by atoms with E-state index in [1.165, 1.54) is 5.70 Å². The van der Waals surface area contributed by atoms with Gasteiger partial charge in [0, 0.05) is 56.1 Å². The van der Waals surface area contributed by atoms with Gasteiger partial charge in [0.2, 0.25) is 11.8 Å². The van der Waals surface area contributed by atoms with Crippen LogP contribution in [0.25, 0.3) is 0 Å². The van der Waals surface area contributed by atoms with E-state index in [0.29, 0.717) is 31.0 Å². The molecule has 3 fully saturated rings. The highest BCUT2D eigenvalue weighted by Gasteiger charge is 2.41. The van der Waals surface area contributed by atoms with E-state index in [1.807, 2.05) is 0 Å². The van der Waals surface area contributed by atoms with Crippen molar-refractivity contribution in [1.29, 1.82) is 0 Å². The zero-order chi connectivity index (χ0) is 18.1. The summed E-state index contributed by atoms with van der Waals surface area (Å²) in [7, 11) is 0. The predicted molar refractivity (Wildman–Crippen MR) is 96.9 cm³/mol. The zero-order valence-electron chi connectivity index (χ0n) is 15.1. The topological polar surface area (TPSA) is 78.5 Å². The molecule has 6 nitrogen and oxygen atoms in total. The molecule has 0 radical (unpaired) electrons. The Morgan fingerprint density at radius 1 is 1.08 bits per heavy atom. The summed E-state index contributed by atoms with van der Waals surface area (Å²) in [5.74, 6) is 0.214. The number of carbonyl (C=O) groups excluding carboxylic acids is 3. The second-order valence-electron chi connectivity index (χ2n) is 7.94. The van der Waals surface area contributed by atoms with Gasteiger partial charge in [0.1, 0.15) is 5.78 Å². The summed E-state index contributed by atoms with van der Waals surface area (Å²) in [4.78, 5) is 38.3. The van der Waals surface area contributed by atoms with Crippen molar-refractivity contribution in [2.24, 2.45) is 23.7 Å². The Morgan fingerprint density at radius 3 is 2.62 bits per heavy atom. The van der Waals surface area contributed by atoms with Gasteiger partial charge in [-0.2, -0.15) is 0 Å². The van der Waals surface area contributed by atoms with Crippen molar-refractivity contribution < 1.29 is 14.4 Å². The molecule has 140 valence electrons. The van der Waals surface area contributed by atoms with Crippen molar-refractivity contribution in [3.63, 3.8) is 0 Å². The molecular weight excluding hydrogens is 330 g/mol. The average Bonchev–Trinajstić information content (AvgIpc) is 2.97. The van der Waals surface area contributed by atoms with Gasteiger partial charge in [-0.1, -0.05) is 12.2 Å². The Kier molecular flexibility index (Phi) is 4.94. The van der Waals surface area contributed by atoms with Gasteiger partial charge in [-0.25, -0.2) is 0 Å². The van der Waals surface area contributed by atoms with Crippen LogP contribution in [0.4, 0.5) is 0 Å². The molecule has 4 unspecified atom stereocenters. The SMILES string of the molecule is O=C1CCC(CCC2CC3C=C(N4CCNCC4)C=CC3C2=O)C(=O)N1. The van der Waals surface area contributed by atoms with Crippen LogP contribution in [0, 0.1) is 23.7 Å². The fourth-order valence-electron chi connectivity index (χ4n) is 4.77. The molecular formula is C20H27N3O3. The Labute approximate surface area is 154 Å². The van der Waals surface area contributed by atoms with Crippen molar-refractivity contribution in [3.8, 4) is 0 Å². The Bertz CT molecular complexity index is 663. The number of nitrogens with one attached hydrogen (secondary N) is 2. The summed E-state index contributed by atoms with van der Waals surface area (Å²) >= 11 is 0. The van der Waals surface area contributed by atoms with E-state index >= 15 is 0 Å². The van der Waals surface area contributed by atoms with Gasteiger partial charge in [-0.15, -0.1) is 0 Å². The highest BCUT2D eigenvalue weighted by atomic mass is 16.2. The van der Waals surface area contributed by atoms with E-state index in [-0.39, 0.29) is 29.6 Å². The van der Waals surface area contributed by atoms with Crippen LogP contribution in [0.15, 0.2) is 23.9 Å². The highest BCUT2D eigenvalue weighted by Crippen LogP contribution is 2.41. The lowest BCUT2D eigenvalue weighted by molar-refractivity contribution is -0.137. The molecule has 2 aliphatic heterocycles. The summed E-state index contributed by atoms with van der Waals surface area (Å²) in [6, 6.07) is 0. The van der Waals surface area contributed by atoms with E-state index in [1.54, 1.807) is 0 Å². The summed E-state index contributed by atoms with van der Waals surface area (Å²) < 4.78 is 0. The van der Waals surface area contributed by atoms with E-state index in [4.69, 9.17) is 0 Å². The molecule has 2 saturated heterocycles. The van der Waals surface area contributed by atoms with Crippen LogP contribution < -0.4 is 10.6 Å². The lowest BCUT2D eigenvalue weighted by Crippen LogP contribution is -2.43. The quantitative estimate of drug-likeness (QED) is 0.734. The fraction of sp³-hybridized carbons (Fsp3) is 0.650. The minimum Gasteiger partial charge on any atom is -0.369 e. The maximum Gasteiger partial charge on any atom is 0.229 e. The second-order valence-corrected chi connectivity index (χ2v) is 7.94. The summed E-state index contributed by atoms with van der Waals surface area (Å²) in [6.45, 7) is 4.04. The smallest absolute Gasteiger partial charge is 0.229 e. The number of carbonyl (C=O) groups is 3. The molecule has 26 heavy (non-hydrogen) atoms. The third-order valence-corrected chi connectivity index (χ3v) is 6.31. The number of nitrogens with zero attached hydrogens (tertiary/aromatic N) is 1. The maximum atomic E-state index is 12.8. The molecule has 0 spiro atoms. The van der Waals surface area contributed by atoms with Crippen LogP contribution in [0.2, 0.25) is 0 Å². The first kappa shape index (κ1) is 17.5. The zero-order valence-corrected chi connectivity index (χ0v) is 15.1. The minimum atomic E-state index is -0.176. The molecule has 2 aliphatic carbocycles. The maximum absolute atomic E-state index is 12.8. The Balaban J connectivity index is 1.35. The monoisotopic (exact) mass is 357 g/mol. The molecule has 0 aromatic rings. The van der Waals surface area contributed by atoms with E-state index < -0.39 is 0 Å². The molecule has 1 saturated carbocycles. The van der Waals surface area contributed by atoms with Crippen molar-refractivity contribution in [2.45, 2.75) is 32.1 Å². The van der Waals surface area contributed by atoms with Crippen molar-refractivity contribution in [2.75, 3.05) is 26.2 Å². The molecule has 0 bridgehead atoms. The lowest BCUT2D eigenvalue weighted by atomic mass is 9.88. The highest BCUT2D eigenvalue weighted by molar-refractivity contribution is 5.98. The Morgan fingerprint density at radius 2 is 1.85 bits per heavy atom. The molecule has 4 aliphatic rings. The number of piperidine rings is 1. The van der Waals surface area contributed by atoms with E-state index in [2.05, 4.69) is 33.8 Å². The van der Waals surface area contributed by atoms with Gasteiger partial charge in [-0.3, -0.25) is 19.7 Å². The molecule has 2 heterocycles. The third kappa shape index (κ3) is 3.47. The first-order valence-electron chi connectivity index (χ1n) is 9.85.